The van der Waals surface area contributed by atoms with Crippen LogP contribution in [0.3, 0.4) is 0 Å². The molecule has 0 saturated heterocycles. The lowest BCUT2D eigenvalue weighted by Crippen LogP contribution is -2.36. The molecular formula is C10H7F5O. The van der Waals surface area contributed by atoms with E-state index in [0.29, 0.717) is 0 Å². The molecule has 1 rings (SSSR count). The maximum absolute atomic E-state index is 12.8. The van der Waals surface area contributed by atoms with Crippen molar-refractivity contribution in [3.05, 3.63) is 35.1 Å². The van der Waals surface area contributed by atoms with Crippen LogP contribution < -0.4 is 0 Å². The van der Waals surface area contributed by atoms with E-state index in [1.54, 1.807) is 0 Å². The Morgan fingerprint density at radius 1 is 1.31 bits per heavy atom. The molecule has 0 aliphatic rings. The Morgan fingerprint density at radius 3 is 2.31 bits per heavy atom. The van der Waals surface area contributed by atoms with Gasteiger partial charge in [0.25, 0.3) is 0 Å². The van der Waals surface area contributed by atoms with Gasteiger partial charge in [-0.2, -0.15) is 8.78 Å². The summed E-state index contributed by atoms with van der Waals surface area (Å²) in [6.45, 7) is 1.24. The Labute approximate surface area is 87.9 Å². The molecule has 0 aliphatic heterocycles. The van der Waals surface area contributed by atoms with Gasteiger partial charge in [0.2, 0.25) is 5.78 Å². The number of hydrogen-bond donors (Lipinski definition) is 0. The summed E-state index contributed by atoms with van der Waals surface area (Å²) in [4.78, 5) is 11.0. The van der Waals surface area contributed by atoms with Crippen molar-refractivity contribution < 1.29 is 26.7 Å². The Hall–Kier alpha value is -1.46. The van der Waals surface area contributed by atoms with Crippen molar-refractivity contribution in [3.63, 3.8) is 0 Å². The van der Waals surface area contributed by atoms with E-state index in [2.05, 4.69) is 0 Å². The van der Waals surface area contributed by atoms with Crippen molar-refractivity contribution in [1.82, 2.24) is 0 Å². The number of hydrogen-bond acceptors (Lipinski definition) is 1. The van der Waals surface area contributed by atoms with E-state index in [0.717, 1.165) is 18.2 Å². The Bertz CT molecular complexity index is 414. The maximum Gasteiger partial charge on any atom is 0.368 e. The van der Waals surface area contributed by atoms with Gasteiger partial charge in [-0.25, -0.2) is 13.2 Å². The molecule has 0 aromatic heterocycles. The zero-order chi connectivity index (χ0) is 12.5. The fourth-order valence-electron chi connectivity index (χ4n) is 1.08. The van der Waals surface area contributed by atoms with Gasteiger partial charge in [0.1, 0.15) is 5.82 Å². The third kappa shape index (κ3) is 2.20. The quantitative estimate of drug-likeness (QED) is 0.583. The van der Waals surface area contributed by atoms with E-state index in [9.17, 15) is 26.7 Å². The first-order valence-electron chi connectivity index (χ1n) is 4.23. The summed E-state index contributed by atoms with van der Waals surface area (Å²) < 4.78 is 61.9. The van der Waals surface area contributed by atoms with Crippen LogP contribution in [0.5, 0.6) is 0 Å². The van der Waals surface area contributed by atoms with Crippen LogP contribution in [0.25, 0.3) is 0 Å². The van der Waals surface area contributed by atoms with Crippen LogP contribution in [0.1, 0.15) is 15.9 Å². The van der Waals surface area contributed by atoms with Crippen molar-refractivity contribution in [1.29, 1.82) is 0 Å². The molecule has 0 amide bonds. The average Bonchev–Trinajstić information content (AvgIpc) is 2.20. The predicted octanol–water partition coefficient (Wildman–Crippen LogP) is 3.22. The fraction of sp³-hybridized carbons (Fsp3) is 0.300. The molecule has 1 nitrogen and oxygen atoms in total. The highest BCUT2D eigenvalue weighted by Gasteiger charge is 2.49. The van der Waals surface area contributed by atoms with Gasteiger partial charge in [0, 0.05) is 5.56 Å². The minimum Gasteiger partial charge on any atom is -0.287 e. The van der Waals surface area contributed by atoms with Crippen molar-refractivity contribution in [2.75, 3.05) is 0 Å². The Morgan fingerprint density at radius 2 is 1.88 bits per heavy atom. The summed E-state index contributed by atoms with van der Waals surface area (Å²) in [5, 5.41) is 0. The van der Waals surface area contributed by atoms with Gasteiger partial charge in [-0.05, 0) is 30.7 Å². The molecule has 0 spiro atoms. The molecule has 0 heterocycles. The van der Waals surface area contributed by atoms with E-state index in [-0.39, 0.29) is 5.56 Å². The molecule has 0 saturated carbocycles. The first kappa shape index (κ1) is 12.6. The van der Waals surface area contributed by atoms with Gasteiger partial charge >= 0.3 is 12.3 Å². The van der Waals surface area contributed by atoms with E-state index in [1.165, 1.54) is 6.92 Å². The highest BCUT2D eigenvalue weighted by Crippen LogP contribution is 2.27. The zero-order valence-electron chi connectivity index (χ0n) is 8.11. The molecule has 88 valence electrons. The number of halogens is 5. The molecular weight excluding hydrogens is 231 g/mol. The summed E-state index contributed by atoms with van der Waals surface area (Å²) in [5.41, 5.74) is -0.694. The number of carbonyl (C=O) groups is 1. The lowest BCUT2D eigenvalue weighted by molar-refractivity contribution is -0.0958. The van der Waals surface area contributed by atoms with E-state index in [1.807, 2.05) is 0 Å². The second kappa shape index (κ2) is 4.19. The summed E-state index contributed by atoms with van der Waals surface area (Å²) in [6.07, 6.45) is -4.08. The standard InChI is InChI=1S/C10H7F5O/c1-5-4-6(2-3-7(5)11)8(16)10(14,15)9(12)13/h2-4,9H,1H3. The van der Waals surface area contributed by atoms with E-state index < -0.39 is 29.5 Å². The van der Waals surface area contributed by atoms with Gasteiger partial charge < -0.3 is 0 Å². The molecule has 1 aromatic carbocycles. The highest BCUT2D eigenvalue weighted by atomic mass is 19.3. The lowest BCUT2D eigenvalue weighted by Gasteiger charge is -2.13. The minimum absolute atomic E-state index is 0.0593. The van der Waals surface area contributed by atoms with Crippen LogP contribution in [0.2, 0.25) is 0 Å². The molecule has 0 radical (unpaired) electrons. The number of benzene rings is 1. The molecule has 0 N–H and O–H groups in total. The molecule has 0 atom stereocenters. The summed E-state index contributed by atoms with van der Waals surface area (Å²) in [7, 11) is 0. The molecule has 0 unspecified atom stereocenters. The topological polar surface area (TPSA) is 17.1 Å². The van der Waals surface area contributed by atoms with Gasteiger partial charge in [0.15, 0.2) is 0 Å². The van der Waals surface area contributed by atoms with Crippen molar-refractivity contribution in [2.24, 2.45) is 0 Å². The molecule has 16 heavy (non-hydrogen) atoms. The van der Waals surface area contributed by atoms with Crippen molar-refractivity contribution in [2.45, 2.75) is 19.3 Å². The monoisotopic (exact) mass is 238 g/mol. The third-order valence-electron chi connectivity index (χ3n) is 2.00. The smallest absolute Gasteiger partial charge is 0.287 e. The maximum atomic E-state index is 12.8. The second-order valence-electron chi connectivity index (χ2n) is 3.22. The summed E-state index contributed by atoms with van der Waals surface area (Å²) in [6, 6.07) is 2.35. The van der Waals surface area contributed by atoms with Gasteiger partial charge in [0.05, 0.1) is 0 Å². The Balaban J connectivity index is 3.11. The largest absolute Gasteiger partial charge is 0.368 e. The molecule has 0 bridgehead atoms. The molecule has 1 aromatic rings. The number of rotatable bonds is 3. The van der Waals surface area contributed by atoms with Gasteiger partial charge in [-0.15, -0.1) is 0 Å². The van der Waals surface area contributed by atoms with Crippen molar-refractivity contribution >= 4 is 5.78 Å². The van der Waals surface area contributed by atoms with Crippen LogP contribution in [-0.4, -0.2) is 18.1 Å². The minimum atomic E-state index is -4.75. The van der Waals surface area contributed by atoms with Crippen LogP contribution in [-0.2, 0) is 0 Å². The van der Waals surface area contributed by atoms with Gasteiger partial charge in [-0.3, -0.25) is 4.79 Å². The van der Waals surface area contributed by atoms with E-state index >= 15 is 0 Å². The lowest BCUT2D eigenvalue weighted by atomic mass is 10.0. The van der Waals surface area contributed by atoms with Crippen LogP contribution in [0, 0.1) is 12.7 Å². The number of aryl methyl sites for hydroxylation is 1. The third-order valence-corrected chi connectivity index (χ3v) is 2.00. The molecule has 0 aliphatic carbocycles. The van der Waals surface area contributed by atoms with Crippen LogP contribution in [0.4, 0.5) is 22.0 Å². The number of Topliss-reactive ketones (excluding diaryl/α,β-unsaturated/α-hetero) is 1. The number of alkyl halides is 4. The normalized spacial score (nSPS) is 11.9. The number of carbonyl (C=O) groups excluding carboxylic acids is 1. The van der Waals surface area contributed by atoms with E-state index in [4.69, 9.17) is 0 Å². The molecule has 0 fully saturated rings. The van der Waals surface area contributed by atoms with Gasteiger partial charge in [-0.1, -0.05) is 0 Å². The van der Waals surface area contributed by atoms with Crippen LogP contribution >= 0.6 is 0 Å². The molecule has 6 heteroatoms. The first-order chi connectivity index (χ1) is 7.26. The zero-order valence-corrected chi connectivity index (χ0v) is 8.11. The highest BCUT2D eigenvalue weighted by molar-refractivity contribution is 6.01. The second-order valence-corrected chi connectivity index (χ2v) is 3.22. The summed E-state index contributed by atoms with van der Waals surface area (Å²) >= 11 is 0. The summed E-state index contributed by atoms with van der Waals surface area (Å²) in [5.74, 6) is -7.45. The number of ketones is 1. The first-order valence-corrected chi connectivity index (χ1v) is 4.23. The van der Waals surface area contributed by atoms with Crippen molar-refractivity contribution in [3.8, 4) is 0 Å². The van der Waals surface area contributed by atoms with Crippen LogP contribution in [0.15, 0.2) is 18.2 Å². The fourth-order valence-corrected chi connectivity index (χ4v) is 1.08. The SMILES string of the molecule is Cc1cc(C(=O)C(F)(F)C(F)F)ccc1F. The predicted molar refractivity (Wildman–Crippen MR) is 46.4 cm³/mol. The average molecular weight is 238 g/mol. The Kier molecular flexibility index (Phi) is 3.30.